The zero-order chi connectivity index (χ0) is 13.1. The van der Waals surface area contributed by atoms with E-state index in [0.29, 0.717) is 0 Å². The molecule has 0 amide bonds. The van der Waals surface area contributed by atoms with Crippen LogP contribution in [0.5, 0.6) is 0 Å². The lowest BCUT2D eigenvalue weighted by Gasteiger charge is -2.10. The summed E-state index contributed by atoms with van der Waals surface area (Å²) in [6.07, 6.45) is 0. The van der Waals surface area contributed by atoms with E-state index in [2.05, 4.69) is 0 Å². The summed E-state index contributed by atoms with van der Waals surface area (Å²) in [7, 11) is -1.70. The highest BCUT2D eigenvalue weighted by Crippen LogP contribution is 2.15. The molecule has 0 heterocycles. The Balaban J connectivity index is 2.61. The van der Waals surface area contributed by atoms with Crippen molar-refractivity contribution in [2.45, 2.75) is 6.92 Å². The zero-order valence-corrected chi connectivity index (χ0v) is 9.96. The molecule has 0 unspecified atom stereocenters. The van der Waals surface area contributed by atoms with Crippen LogP contribution in [-0.2, 0) is 4.74 Å². The van der Waals surface area contributed by atoms with Crippen LogP contribution in [0.4, 0.5) is 0 Å². The molecule has 2 rings (SSSR count). The van der Waals surface area contributed by atoms with Gasteiger partial charge < -0.3 is 14.8 Å². The van der Waals surface area contributed by atoms with E-state index in [1.165, 1.54) is 0 Å². The van der Waals surface area contributed by atoms with Crippen molar-refractivity contribution in [3.63, 3.8) is 0 Å². The molecule has 0 radical (unpaired) electrons. The van der Waals surface area contributed by atoms with E-state index in [-0.39, 0.29) is 17.6 Å². The predicted octanol–water partition coefficient (Wildman–Crippen LogP) is 0.696. The van der Waals surface area contributed by atoms with E-state index in [4.69, 9.17) is 4.74 Å². The van der Waals surface area contributed by atoms with Crippen molar-refractivity contribution in [1.29, 1.82) is 0 Å². The Morgan fingerprint density at radius 3 is 2.39 bits per heavy atom. The number of benzene rings is 2. The maximum absolute atomic E-state index is 11.8. The molecule has 0 fully saturated rings. The van der Waals surface area contributed by atoms with Crippen LogP contribution < -0.4 is 5.46 Å². The van der Waals surface area contributed by atoms with Crippen molar-refractivity contribution in [2.24, 2.45) is 0 Å². The Kier molecular flexibility index (Phi) is 3.65. The van der Waals surface area contributed by atoms with Gasteiger partial charge in [0, 0.05) is 0 Å². The summed E-state index contributed by atoms with van der Waals surface area (Å²) in [4.78, 5) is 11.8. The van der Waals surface area contributed by atoms with Gasteiger partial charge in [-0.3, -0.25) is 0 Å². The first-order chi connectivity index (χ1) is 8.63. The van der Waals surface area contributed by atoms with Gasteiger partial charge in [0.25, 0.3) is 0 Å². The highest BCUT2D eigenvalue weighted by atomic mass is 16.5. The number of hydrogen-bond acceptors (Lipinski definition) is 4. The predicted molar refractivity (Wildman–Crippen MR) is 69.7 cm³/mol. The van der Waals surface area contributed by atoms with Crippen LogP contribution >= 0.6 is 0 Å². The van der Waals surface area contributed by atoms with Gasteiger partial charge in [-0.2, -0.15) is 0 Å². The number of ether oxygens (including phenoxy) is 1. The molecule has 0 aliphatic heterocycles. The molecule has 18 heavy (non-hydrogen) atoms. The largest absolute Gasteiger partial charge is 0.489 e. The van der Waals surface area contributed by atoms with Gasteiger partial charge in [0.15, 0.2) is 0 Å². The molecule has 0 saturated heterocycles. The highest BCUT2D eigenvalue weighted by Gasteiger charge is 2.22. The number of carbonyl (C=O) groups is 1. The average molecular weight is 244 g/mol. The Labute approximate surface area is 105 Å². The minimum Gasteiger partial charge on any atom is -0.462 e. The Bertz CT molecular complexity index is 580. The van der Waals surface area contributed by atoms with Crippen LogP contribution in [-0.4, -0.2) is 29.7 Å². The first-order valence-electron chi connectivity index (χ1n) is 5.69. The van der Waals surface area contributed by atoms with E-state index >= 15 is 0 Å². The van der Waals surface area contributed by atoms with E-state index in [0.717, 1.165) is 10.8 Å². The number of carbonyl (C=O) groups excluding carboxylic acids is 1. The summed E-state index contributed by atoms with van der Waals surface area (Å²) in [5.74, 6) is -0.550. The van der Waals surface area contributed by atoms with Crippen molar-refractivity contribution < 1.29 is 19.6 Å². The highest BCUT2D eigenvalue weighted by molar-refractivity contribution is 6.60. The van der Waals surface area contributed by atoms with Crippen LogP contribution in [0.1, 0.15) is 17.3 Å². The first-order valence-corrected chi connectivity index (χ1v) is 5.69. The molecule has 92 valence electrons. The minimum absolute atomic E-state index is 0.159. The summed E-state index contributed by atoms with van der Waals surface area (Å²) < 4.78 is 4.91. The van der Waals surface area contributed by atoms with Crippen LogP contribution in [0.2, 0.25) is 0 Å². The molecule has 2 aromatic rings. The third-order valence-electron chi connectivity index (χ3n) is 2.69. The second-order valence-corrected chi connectivity index (χ2v) is 3.88. The fourth-order valence-electron chi connectivity index (χ4n) is 1.86. The molecule has 2 aromatic carbocycles. The lowest BCUT2D eigenvalue weighted by Crippen LogP contribution is -2.35. The van der Waals surface area contributed by atoms with Gasteiger partial charge in [-0.1, -0.05) is 30.3 Å². The minimum atomic E-state index is -1.70. The van der Waals surface area contributed by atoms with Crippen LogP contribution in [0, 0.1) is 0 Å². The fourth-order valence-corrected chi connectivity index (χ4v) is 1.86. The molecule has 2 N–H and O–H groups in total. The Morgan fingerprint density at radius 1 is 1.22 bits per heavy atom. The maximum atomic E-state index is 11.8. The van der Waals surface area contributed by atoms with Crippen molar-refractivity contribution >= 4 is 29.3 Å². The smallest absolute Gasteiger partial charge is 0.462 e. The number of esters is 1. The van der Waals surface area contributed by atoms with Gasteiger partial charge in [-0.05, 0) is 29.2 Å². The molecular weight excluding hydrogens is 231 g/mol. The summed E-state index contributed by atoms with van der Waals surface area (Å²) in [6.45, 7) is 1.95. The van der Waals surface area contributed by atoms with Gasteiger partial charge in [0.1, 0.15) is 0 Å². The van der Waals surface area contributed by atoms with Crippen LogP contribution in [0.3, 0.4) is 0 Å². The molecule has 0 bridgehead atoms. The fraction of sp³-hybridized carbons (Fsp3) is 0.154. The van der Waals surface area contributed by atoms with Gasteiger partial charge in [0.05, 0.1) is 12.2 Å². The molecule has 0 aliphatic carbocycles. The molecule has 5 heteroatoms. The van der Waals surface area contributed by atoms with Crippen LogP contribution in [0.25, 0.3) is 10.8 Å². The molecule has 0 aliphatic rings. The Hall–Kier alpha value is -1.85. The second-order valence-electron chi connectivity index (χ2n) is 3.88. The quantitative estimate of drug-likeness (QED) is 0.616. The van der Waals surface area contributed by atoms with Gasteiger partial charge in [-0.25, -0.2) is 4.79 Å². The standard InChI is InChI=1S/C13H13BO4/c1-2-18-13(15)11-7-9-5-3-4-6-10(9)8-12(11)14(16)17/h3-8,16-17H,2H2,1H3. The number of rotatable bonds is 3. The van der Waals surface area contributed by atoms with E-state index in [9.17, 15) is 14.8 Å². The number of hydrogen-bond donors (Lipinski definition) is 2. The second kappa shape index (κ2) is 5.20. The van der Waals surface area contributed by atoms with Crippen molar-refractivity contribution in [1.82, 2.24) is 0 Å². The van der Waals surface area contributed by atoms with Crippen molar-refractivity contribution in [3.8, 4) is 0 Å². The SMILES string of the molecule is CCOC(=O)c1cc2ccccc2cc1B(O)O. The molecular formula is C13H13BO4. The number of fused-ring (bicyclic) bond motifs is 1. The normalized spacial score (nSPS) is 10.4. The van der Waals surface area contributed by atoms with E-state index in [1.807, 2.05) is 24.3 Å². The first kappa shape index (κ1) is 12.6. The summed E-state index contributed by atoms with van der Waals surface area (Å²) in [5, 5.41) is 20.4. The molecule has 0 aromatic heterocycles. The third kappa shape index (κ3) is 2.37. The summed E-state index contributed by atoms with van der Waals surface area (Å²) in [5.41, 5.74) is 0.345. The average Bonchev–Trinajstić information content (AvgIpc) is 2.37. The van der Waals surface area contributed by atoms with E-state index < -0.39 is 13.1 Å². The third-order valence-corrected chi connectivity index (χ3v) is 2.69. The summed E-state index contributed by atoms with van der Waals surface area (Å²) >= 11 is 0. The lowest BCUT2D eigenvalue weighted by molar-refractivity contribution is 0.0527. The Morgan fingerprint density at radius 2 is 1.83 bits per heavy atom. The summed E-state index contributed by atoms with van der Waals surface area (Å²) in [6, 6.07) is 10.6. The monoisotopic (exact) mass is 244 g/mol. The van der Waals surface area contributed by atoms with Crippen molar-refractivity contribution in [2.75, 3.05) is 6.61 Å². The molecule has 0 atom stereocenters. The molecule has 0 saturated carbocycles. The van der Waals surface area contributed by atoms with Crippen LogP contribution in [0.15, 0.2) is 36.4 Å². The van der Waals surface area contributed by atoms with E-state index in [1.54, 1.807) is 19.1 Å². The van der Waals surface area contributed by atoms with Gasteiger partial charge in [-0.15, -0.1) is 0 Å². The van der Waals surface area contributed by atoms with Crippen molar-refractivity contribution in [3.05, 3.63) is 42.0 Å². The van der Waals surface area contributed by atoms with Gasteiger partial charge in [0.2, 0.25) is 0 Å². The topological polar surface area (TPSA) is 66.8 Å². The zero-order valence-electron chi connectivity index (χ0n) is 9.96. The maximum Gasteiger partial charge on any atom is 0.489 e. The lowest BCUT2D eigenvalue weighted by atomic mass is 9.76. The van der Waals surface area contributed by atoms with Gasteiger partial charge >= 0.3 is 13.1 Å². The molecule has 0 spiro atoms. The molecule has 4 nitrogen and oxygen atoms in total.